The normalized spacial score (nSPS) is 10.9. The predicted molar refractivity (Wildman–Crippen MR) is 150 cm³/mol. The maximum atomic E-state index is 11.5. The predicted octanol–water partition coefficient (Wildman–Crippen LogP) is 4.51. The van der Waals surface area contributed by atoms with Gasteiger partial charge in [0.05, 0.1) is 0 Å². The van der Waals surface area contributed by atoms with Crippen LogP contribution in [0.4, 0.5) is 0 Å². The number of nitrogens with zero attached hydrogens (tertiary/aromatic N) is 1. The molecule has 37 heavy (non-hydrogen) atoms. The molecule has 0 unspecified atom stereocenters. The summed E-state index contributed by atoms with van der Waals surface area (Å²) in [5, 5.41) is 18.8. The summed E-state index contributed by atoms with van der Waals surface area (Å²) in [6.45, 7) is 12.9. The van der Waals surface area contributed by atoms with E-state index in [0.717, 1.165) is 11.0 Å². The van der Waals surface area contributed by atoms with Crippen molar-refractivity contribution in [1.29, 1.82) is 0 Å². The average molecular weight is 491 g/mol. The number of pyridine rings is 1. The third-order valence-corrected chi connectivity index (χ3v) is 6.89. The first-order chi connectivity index (χ1) is 17.5. The molecule has 0 fully saturated rings. The first-order valence-corrected chi connectivity index (χ1v) is 12.2. The third kappa shape index (κ3) is 5.19. The van der Waals surface area contributed by atoms with Crippen LogP contribution in [-0.2, 0) is 0 Å². The standard InChI is InChI=1S/C31H30BNO4/c1-17-11-19(3)28(20(4)12-17)32(29-21(5)13-18(2)14-22(29)6)25-9-7-23(8-10-25)24-15-26(30(34)35)33-27(16-24)31(36)37/h7-16H,1-6H3,(H,34,35)(H,36,37). The van der Waals surface area contributed by atoms with E-state index in [0.29, 0.717) is 5.56 Å². The van der Waals surface area contributed by atoms with Crippen LogP contribution in [-0.4, -0.2) is 33.8 Å². The quantitative estimate of drug-likeness (QED) is 0.388. The van der Waals surface area contributed by atoms with Crippen LogP contribution in [0.2, 0.25) is 0 Å². The van der Waals surface area contributed by atoms with Crippen molar-refractivity contribution in [3.05, 3.63) is 105 Å². The molecule has 0 aliphatic heterocycles. The van der Waals surface area contributed by atoms with E-state index < -0.39 is 11.9 Å². The first kappa shape index (κ1) is 25.9. The fourth-order valence-electron chi connectivity index (χ4n) is 5.56. The minimum absolute atomic E-state index is 0.0110. The summed E-state index contributed by atoms with van der Waals surface area (Å²) in [7, 11) is 0. The molecule has 0 bridgehead atoms. The van der Waals surface area contributed by atoms with E-state index in [9.17, 15) is 19.8 Å². The van der Waals surface area contributed by atoms with Gasteiger partial charge in [-0.2, -0.15) is 0 Å². The number of aryl methyl sites for hydroxylation is 6. The molecule has 0 saturated carbocycles. The van der Waals surface area contributed by atoms with Crippen LogP contribution >= 0.6 is 0 Å². The lowest BCUT2D eigenvalue weighted by atomic mass is 9.34. The van der Waals surface area contributed by atoms with Crippen molar-refractivity contribution in [2.75, 3.05) is 0 Å². The lowest BCUT2D eigenvalue weighted by Crippen LogP contribution is -2.55. The Labute approximate surface area is 217 Å². The molecule has 186 valence electrons. The highest BCUT2D eigenvalue weighted by Crippen LogP contribution is 2.21. The molecule has 4 rings (SSSR count). The molecule has 5 nitrogen and oxygen atoms in total. The van der Waals surface area contributed by atoms with Crippen molar-refractivity contribution in [3.63, 3.8) is 0 Å². The number of carboxylic acid groups (broad SMARTS) is 2. The molecular formula is C31H30BNO4. The Morgan fingerprint density at radius 2 is 0.973 bits per heavy atom. The highest BCUT2D eigenvalue weighted by molar-refractivity contribution is 6.96. The Bertz CT molecular complexity index is 1400. The minimum Gasteiger partial charge on any atom is -0.477 e. The van der Waals surface area contributed by atoms with Gasteiger partial charge in [-0.15, -0.1) is 0 Å². The van der Waals surface area contributed by atoms with E-state index in [1.54, 1.807) is 0 Å². The summed E-state index contributed by atoms with van der Waals surface area (Å²) in [6.07, 6.45) is 0. The fraction of sp³-hybridized carbons (Fsp3) is 0.194. The summed E-state index contributed by atoms with van der Waals surface area (Å²) >= 11 is 0. The van der Waals surface area contributed by atoms with Crippen LogP contribution in [0, 0.1) is 41.5 Å². The summed E-state index contributed by atoms with van der Waals surface area (Å²) in [6, 6.07) is 19.7. The molecule has 0 atom stereocenters. The monoisotopic (exact) mass is 491 g/mol. The lowest BCUT2D eigenvalue weighted by molar-refractivity contribution is 0.0685. The van der Waals surface area contributed by atoms with Crippen molar-refractivity contribution in [1.82, 2.24) is 4.98 Å². The van der Waals surface area contributed by atoms with Gasteiger partial charge in [0.15, 0.2) is 0 Å². The van der Waals surface area contributed by atoms with E-state index in [-0.39, 0.29) is 18.1 Å². The second kappa shape index (κ2) is 10.1. The number of aromatic nitrogens is 1. The van der Waals surface area contributed by atoms with E-state index in [2.05, 4.69) is 82.9 Å². The Morgan fingerprint density at radius 3 is 1.32 bits per heavy atom. The smallest absolute Gasteiger partial charge is 0.354 e. The van der Waals surface area contributed by atoms with Crippen LogP contribution in [0.15, 0.2) is 60.7 Å². The van der Waals surface area contributed by atoms with Gasteiger partial charge in [-0.1, -0.05) is 98.3 Å². The highest BCUT2D eigenvalue weighted by Gasteiger charge is 2.28. The lowest BCUT2D eigenvalue weighted by Gasteiger charge is -2.24. The zero-order chi connectivity index (χ0) is 27.0. The number of hydrogen-bond donors (Lipinski definition) is 2. The molecule has 1 heterocycles. The van der Waals surface area contributed by atoms with Gasteiger partial charge in [0.25, 0.3) is 0 Å². The van der Waals surface area contributed by atoms with Gasteiger partial charge in [-0.05, 0) is 64.8 Å². The summed E-state index contributed by atoms with van der Waals surface area (Å²) < 4.78 is 0. The molecule has 0 amide bonds. The van der Waals surface area contributed by atoms with Crippen molar-refractivity contribution in [2.24, 2.45) is 0 Å². The molecule has 3 aromatic carbocycles. The van der Waals surface area contributed by atoms with Crippen LogP contribution in [0.1, 0.15) is 54.4 Å². The minimum atomic E-state index is -1.27. The van der Waals surface area contributed by atoms with Crippen molar-refractivity contribution >= 4 is 35.0 Å². The van der Waals surface area contributed by atoms with Crippen molar-refractivity contribution < 1.29 is 19.8 Å². The van der Waals surface area contributed by atoms with Gasteiger partial charge in [0.1, 0.15) is 11.4 Å². The van der Waals surface area contributed by atoms with Gasteiger partial charge in [-0.3, -0.25) is 0 Å². The van der Waals surface area contributed by atoms with Gasteiger partial charge in [0.2, 0.25) is 6.71 Å². The van der Waals surface area contributed by atoms with Gasteiger partial charge >= 0.3 is 11.9 Å². The molecule has 4 aromatic rings. The maximum Gasteiger partial charge on any atom is 0.354 e. The SMILES string of the molecule is Cc1cc(C)c(B(c2ccc(-c3cc(C(=O)O)nc(C(=O)O)c3)cc2)c2c(C)cc(C)cc2C)c(C)c1. The topological polar surface area (TPSA) is 87.5 Å². The van der Waals surface area contributed by atoms with Gasteiger partial charge in [0, 0.05) is 0 Å². The second-order valence-electron chi connectivity index (χ2n) is 9.92. The Kier molecular flexibility index (Phi) is 7.04. The fourth-order valence-corrected chi connectivity index (χ4v) is 5.56. The first-order valence-electron chi connectivity index (χ1n) is 12.2. The van der Waals surface area contributed by atoms with Crippen LogP contribution in [0.3, 0.4) is 0 Å². The van der Waals surface area contributed by atoms with Crippen LogP contribution in [0.5, 0.6) is 0 Å². The number of hydrogen-bond acceptors (Lipinski definition) is 3. The Morgan fingerprint density at radius 1 is 0.595 bits per heavy atom. The molecule has 0 spiro atoms. The summed E-state index contributed by atoms with van der Waals surface area (Å²) in [5.74, 6) is -2.53. The highest BCUT2D eigenvalue weighted by atomic mass is 16.4. The van der Waals surface area contributed by atoms with E-state index >= 15 is 0 Å². The van der Waals surface area contributed by atoms with Crippen molar-refractivity contribution in [3.8, 4) is 11.1 Å². The van der Waals surface area contributed by atoms with Crippen LogP contribution in [0.25, 0.3) is 11.1 Å². The number of rotatable bonds is 6. The molecule has 0 radical (unpaired) electrons. The molecule has 2 N–H and O–H groups in total. The number of benzene rings is 3. The Hall–Kier alpha value is -4.19. The molecule has 0 saturated heterocycles. The number of aromatic carboxylic acids is 2. The van der Waals surface area contributed by atoms with Gasteiger partial charge < -0.3 is 10.2 Å². The summed E-state index contributed by atoms with van der Waals surface area (Å²) in [5.41, 5.74) is 11.7. The zero-order valence-corrected chi connectivity index (χ0v) is 22.0. The van der Waals surface area contributed by atoms with Crippen LogP contribution < -0.4 is 16.4 Å². The largest absolute Gasteiger partial charge is 0.477 e. The van der Waals surface area contributed by atoms with E-state index in [1.165, 1.54) is 56.4 Å². The third-order valence-electron chi connectivity index (χ3n) is 6.89. The zero-order valence-electron chi connectivity index (χ0n) is 22.0. The molecule has 0 aliphatic rings. The van der Waals surface area contributed by atoms with E-state index in [4.69, 9.17) is 0 Å². The molecular weight excluding hydrogens is 461 g/mol. The van der Waals surface area contributed by atoms with E-state index in [1.807, 2.05) is 12.1 Å². The maximum absolute atomic E-state index is 11.5. The van der Waals surface area contributed by atoms with Gasteiger partial charge in [-0.25, -0.2) is 14.6 Å². The van der Waals surface area contributed by atoms with Crippen molar-refractivity contribution in [2.45, 2.75) is 41.5 Å². The second-order valence-corrected chi connectivity index (χ2v) is 9.92. The number of carbonyl (C=O) groups is 2. The Balaban J connectivity index is 1.91. The number of carboxylic acids is 2. The molecule has 0 aliphatic carbocycles. The summed E-state index contributed by atoms with van der Waals surface area (Å²) in [4.78, 5) is 26.8. The molecule has 1 aromatic heterocycles. The average Bonchev–Trinajstić information content (AvgIpc) is 2.81. The molecule has 6 heteroatoms.